The van der Waals surface area contributed by atoms with Gasteiger partial charge in [-0.15, -0.1) is 0 Å². The van der Waals surface area contributed by atoms with Crippen LogP contribution in [0.4, 0.5) is 0 Å². The second kappa shape index (κ2) is 6.29. The van der Waals surface area contributed by atoms with Crippen LogP contribution in [0.3, 0.4) is 0 Å². The Morgan fingerprint density at radius 3 is 2.89 bits per heavy atom. The van der Waals surface area contributed by atoms with E-state index in [2.05, 4.69) is 12.2 Å². The molecule has 1 N–H and O–H groups in total. The molecule has 2 rings (SSSR count). The van der Waals surface area contributed by atoms with Crippen molar-refractivity contribution in [2.75, 3.05) is 6.61 Å². The summed E-state index contributed by atoms with van der Waals surface area (Å²) in [6, 6.07) is 5.72. The predicted octanol–water partition coefficient (Wildman–Crippen LogP) is 3.33. The van der Waals surface area contributed by atoms with Gasteiger partial charge < -0.3 is 10.1 Å². The highest BCUT2D eigenvalue weighted by molar-refractivity contribution is 6.31. The monoisotopic (exact) mass is 281 g/mol. The molecule has 1 aliphatic carbocycles. The molecule has 0 radical (unpaired) electrons. The van der Waals surface area contributed by atoms with Gasteiger partial charge in [0.1, 0.15) is 5.75 Å². The van der Waals surface area contributed by atoms with Crippen molar-refractivity contribution < 1.29 is 9.53 Å². The fraction of sp³-hybridized carbons (Fsp3) is 0.533. The SMILES string of the molecule is Cc1cc(OCC(=O)NC2CCC(C)C2)ccc1Cl. The Labute approximate surface area is 119 Å². The molecule has 19 heavy (non-hydrogen) atoms. The Balaban J connectivity index is 1.78. The van der Waals surface area contributed by atoms with E-state index in [4.69, 9.17) is 16.3 Å². The van der Waals surface area contributed by atoms with Crippen molar-refractivity contribution in [3.05, 3.63) is 28.8 Å². The minimum absolute atomic E-state index is 0.0493. The molecular weight excluding hydrogens is 262 g/mol. The number of halogens is 1. The molecule has 0 bridgehead atoms. The van der Waals surface area contributed by atoms with Crippen molar-refractivity contribution in [2.45, 2.75) is 39.2 Å². The summed E-state index contributed by atoms with van der Waals surface area (Å²) in [7, 11) is 0. The number of rotatable bonds is 4. The average molecular weight is 282 g/mol. The second-order valence-electron chi connectivity index (χ2n) is 5.38. The van der Waals surface area contributed by atoms with Crippen molar-refractivity contribution in [1.29, 1.82) is 0 Å². The number of carbonyl (C=O) groups excluding carboxylic acids is 1. The van der Waals surface area contributed by atoms with Crippen LogP contribution in [-0.4, -0.2) is 18.6 Å². The zero-order valence-electron chi connectivity index (χ0n) is 11.4. The van der Waals surface area contributed by atoms with E-state index in [1.807, 2.05) is 13.0 Å². The smallest absolute Gasteiger partial charge is 0.258 e. The van der Waals surface area contributed by atoms with Crippen LogP contribution in [0.2, 0.25) is 5.02 Å². The molecule has 1 fully saturated rings. The van der Waals surface area contributed by atoms with Crippen LogP contribution in [0.15, 0.2) is 18.2 Å². The standard InChI is InChI=1S/C15H20ClNO2/c1-10-3-4-12(7-10)17-15(18)9-19-13-5-6-14(16)11(2)8-13/h5-6,8,10,12H,3-4,7,9H2,1-2H3,(H,17,18). The number of aryl methyl sites for hydroxylation is 1. The second-order valence-corrected chi connectivity index (χ2v) is 5.79. The molecule has 1 aromatic carbocycles. The third kappa shape index (κ3) is 4.13. The third-order valence-corrected chi connectivity index (χ3v) is 3.98. The number of nitrogens with one attached hydrogen (secondary N) is 1. The first kappa shape index (κ1) is 14.2. The molecule has 1 amide bonds. The Morgan fingerprint density at radius 1 is 1.47 bits per heavy atom. The maximum absolute atomic E-state index is 11.8. The van der Waals surface area contributed by atoms with Crippen LogP contribution in [0.1, 0.15) is 31.7 Å². The highest BCUT2D eigenvalue weighted by Gasteiger charge is 2.22. The summed E-state index contributed by atoms with van der Waals surface area (Å²) in [5.74, 6) is 1.34. The van der Waals surface area contributed by atoms with Gasteiger partial charge in [-0.3, -0.25) is 4.79 Å². The van der Waals surface area contributed by atoms with Crippen LogP contribution in [0.5, 0.6) is 5.75 Å². The van der Waals surface area contributed by atoms with E-state index in [9.17, 15) is 4.79 Å². The van der Waals surface area contributed by atoms with Crippen molar-refractivity contribution in [3.8, 4) is 5.75 Å². The maximum Gasteiger partial charge on any atom is 0.258 e. The molecule has 1 saturated carbocycles. The highest BCUT2D eigenvalue weighted by atomic mass is 35.5. The van der Waals surface area contributed by atoms with Crippen molar-refractivity contribution >= 4 is 17.5 Å². The summed E-state index contributed by atoms with van der Waals surface area (Å²) >= 11 is 5.94. The lowest BCUT2D eigenvalue weighted by Crippen LogP contribution is -2.36. The van der Waals surface area contributed by atoms with Crippen LogP contribution < -0.4 is 10.1 Å². The number of hydrogen-bond donors (Lipinski definition) is 1. The van der Waals surface area contributed by atoms with Crippen LogP contribution in [0, 0.1) is 12.8 Å². The number of amides is 1. The fourth-order valence-electron chi connectivity index (χ4n) is 2.46. The molecule has 1 aliphatic rings. The van der Waals surface area contributed by atoms with Crippen molar-refractivity contribution in [1.82, 2.24) is 5.32 Å². The van der Waals surface area contributed by atoms with Crippen LogP contribution in [0.25, 0.3) is 0 Å². The fourth-order valence-corrected chi connectivity index (χ4v) is 2.58. The van der Waals surface area contributed by atoms with Crippen molar-refractivity contribution in [2.24, 2.45) is 5.92 Å². The number of hydrogen-bond acceptors (Lipinski definition) is 2. The predicted molar refractivity (Wildman–Crippen MR) is 76.6 cm³/mol. The van der Waals surface area contributed by atoms with E-state index in [1.54, 1.807) is 12.1 Å². The summed E-state index contributed by atoms with van der Waals surface area (Å²) in [6.45, 7) is 4.19. The third-order valence-electron chi connectivity index (χ3n) is 3.56. The quantitative estimate of drug-likeness (QED) is 0.919. The molecule has 4 heteroatoms. The first-order valence-corrected chi connectivity index (χ1v) is 7.10. The minimum Gasteiger partial charge on any atom is -0.484 e. The van der Waals surface area contributed by atoms with Crippen molar-refractivity contribution in [3.63, 3.8) is 0 Å². The lowest BCUT2D eigenvalue weighted by molar-refractivity contribution is -0.123. The first-order valence-electron chi connectivity index (χ1n) is 6.73. The molecule has 2 unspecified atom stereocenters. The van der Waals surface area contributed by atoms with Gasteiger partial charge in [-0.05, 0) is 55.9 Å². The summed E-state index contributed by atoms with van der Waals surface area (Å²) in [5.41, 5.74) is 0.948. The van der Waals surface area contributed by atoms with E-state index in [0.717, 1.165) is 18.4 Å². The molecule has 104 valence electrons. The number of ether oxygens (including phenoxy) is 1. The van der Waals surface area contributed by atoms with E-state index in [1.165, 1.54) is 6.42 Å². The molecule has 0 heterocycles. The normalized spacial score (nSPS) is 22.3. The van der Waals surface area contributed by atoms with Crippen LogP contribution >= 0.6 is 11.6 Å². The van der Waals surface area contributed by atoms with Gasteiger partial charge in [0.15, 0.2) is 6.61 Å². The molecule has 0 spiro atoms. The summed E-state index contributed by atoms with van der Waals surface area (Å²) in [4.78, 5) is 11.8. The molecule has 0 saturated heterocycles. The van der Waals surface area contributed by atoms with Gasteiger partial charge in [-0.25, -0.2) is 0 Å². The lowest BCUT2D eigenvalue weighted by Gasteiger charge is -2.13. The summed E-state index contributed by atoms with van der Waals surface area (Å²) in [5, 5.41) is 3.72. The van der Waals surface area contributed by atoms with Gasteiger partial charge in [0.05, 0.1) is 0 Å². The highest BCUT2D eigenvalue weighted by Crippen LogP contribution is 2.24. The molecule has 1 aromatic rings. The van der Waals surface area contributed by atoms with Crippen LogP contribution in [-0.2, 0) is 4.79 Å². The molecule has 3 nitrogen and oxygen atoms in total. The van der Waals surface area contributed by atoms with E-state index in [0.29, 0.717) is 22.7 Å². The van der Waals surface area contributed by atoms with Gasteiger partial charge in [-0.1, -0.05) is 18.5 Å². The first-order chi connectivity index (χ1) is 9.04. The van der Waals surface area contributed by atoms with Gasteiger partial charge in [0, 0.05) is 11.1 Å². The van der Waals surface area contributed by atoms with E-state index in [-0.39, 0.29) is 12.5 Å². The summed E-state index contributed by atoms with van der Waals surface area (Å²) < 4.78 is 5.47. The van der Waals surface area contributed by atoms with E-state index >= 15 is 0 Å². The molecule has 0 aromatic heterocycles. The molecular formula is C15H20ClNO2. The number of carbonyl (C=O) groups is 1. The van der Waals surface area contributed by atoms with Gasteiger partial charge in [0.25, 0.3) is 5.91 Å². The topological polar surface area (TPSA) is 38.3 Å². The van der Waals surface area contributed by atoms with Gasteiger partial charge in [0.2, 0.25) is 0 Å². The maximum atomic E-state index is 11.8. The Morgan fingerprint density at radius 2 is 2.26 bits per heavy atom. The zero-order valence-corrected chi connectivity index (χ0v) is 12.2. The molecule has 0 aliphatic heterocycles. The average Bonchev–Trinajstić information content (AvgIpc) is 2.76. The Hall–Kier alpha value is -1.22. The largest absolute Gasteiger partial charge is 0.484 e. The molecule has 2 atom stereocenters. The number of benzene rings is 1. The summed E-state index contributed by atoms with van der Waals surface area (Å²) in [6.07, 6.45) is 3.35. The Bertz CT molecular complexity index is 461. The van der Waals surface area contributed by atoms with Gasteiger partial charge in [-0.2, -0.15) is 0 Å². The lowest BCUT2D eigenvalue weighted by atomic mass is 10.1. The Kier molecular flexibility index (Phi) is 4.70. The minimum atomic E-state index is -0.0493. The zero-order chi connectivity index (χ0) is 13.8. The van der Waals surface area contributed by atoms with E-state index < -0.39 is 0 Å². The van der Waals surface area contributed by atoms with Gasteiger partial charge >= 0.3 is 0 Å².